The molecule has 3 heterocycles. The van der Waals surface area contributed by atoms with E-state index in [1.54, 1.807) is 14.0 Å². The van der Waals surface area contributed by atoms with E-state index in [0.29, 0.717) is 67.9 Å². The number of nitrogens with one attached hydrogen (secondary N) is 4. The highest BCUT2D eigenvalue weighted by Crippen LogP contribution is 2.22. The van der Waals surface area contributed by atoms with Gasteiger partial charge in [0.15, 0.2) is 5.82 Å². The summed E-state index contributed by atoms with van der Waals surface area (Å²) in [5.74, 6) is 0.745. The van der Waals surface area contributed by atoms with Gasteiger partial charge in [-0.2, -0.15) is 4.98 Å². The molecule has 3 rings (SSSR count). The number of piperidine rings is 1. The molecule has 0 aromatic carbocycles. The molecule has 166 valence electrons. The zero-order valence-electron chi connectivity index (χ0n) is 17.3. The average molecular weight is 442 g/mol. The number of hydrogen-bond donors (Lipinski definition) is 4. The summed E-state index contributed by atoms with van der Waals surface area (Å²) in [5.41, 5.74) is 0.976. The summed E-state index contributed by atoms with van der Waals surface area (Å²) < 4.78 is 25.4. The second-order valence-corrected chi connectivity index (χ2v) is 7.73. The van der Waals surface area contributed by atoms with Crippen molar-refractivity contribution < 1.29 is 13.9 Å². The first-order chi connectivity index (χ1) is 14.5. The van der Waals surface area contributed by atoms with Crippen LogP contribution in [0.5, 0.6) is 0 Å². The summed E-state index contributed by atoms with van der Waals surface area (Å²) in [6.45, 7) is 5.18. The van der Waals surface area contributed by atoms with E-state index in [9.17, 15) is 4.39 Å². The van der Waals surface area contributed by atoms with Crippen LogP contribution < -0.4 is 16.0 Å². The van der Waals surface area contributed by atoms with Crippen LogP contribution in [0.1, 0.15) is 19.8 Å². The standard InChI is InChI=1S/C19H29ClFN7O2/c1-12(25-15-4-6-28(7-9-29-2)11-14(15)21)16-17(22)30-8-3-5-23-18-13(20)10-24-19(26-16)27-18/h10,14-15,22,25H,3-9,11H2,1-2H3,(H2,23,24,26,27)/b16-12+,22-17?. The van der Waals surface area contributed by atoms with Crippen molar-refractivity contribution >= 4 is 29.3 Å². The predicted octanol–water partition coefficient (Wildman–Crippen LogP) is 2.23. The molecule has 1 aromatic rings. The second kappa shape index (κ2) is 10.7. The second-order valence-electron chi connectivity index (χ2n) is 7.32. The number of fused-ring (bicyclic) bond motifs is 2. The van der Waals surface area contributed by atoms with Gasteiger partial charge < -0.3 is 25.4 Å². The smallest absolute Gasteiger partial charge is 0.232 e. The Morgan fingerprint density at radius 3 is 3.13 bits per heavy atom. The van der Waals surface area contributed by atoms with Crippen molar-refractivity contribution in [3.8, 4) is 0 Å². The lowest BCUT2D eigenvalue weighted by atomic mass is 10.0. The molecule has 1 aromatic heterocycles. The molecular weight excluding hydrogens is 413 g/mol. The minimum Gasteiger partial charge on any atom is -0.476 e. The number of nitrogens with zero attached hydrogens (tertiary/aromatic N) is 3. The first-order valence-corrected chi connectivity index (χ1v) is 10.4. The monoisotopic (exact) mass is 441 g/mol. The van der Waals surface area contributed by atoms with Crippen LogP contribution in [-0.2, 0) is 9.47 Å². The van der Waals surface area contributed by atoms with Crippen LogP contribution in [0.25, 0.3) is 0 Å². The molecule has 2 bridgehead atoms. The topological polar surface area (TPSA) is 107 Å². The minimum absolute atomic E-state index is 0.0464. The maximum Gasteiger partial charge on any atom is 0.232 e. The molecule has 2 atom stereocenters. The Hall–Kier alpha value is -2.17. The maximum absolute atomic E-state index is 14.8. The van der Waals surface area contributed by atoms with E-state index in [1.807, 2.05) is 0 Å². The van der Waals surface area contributed by atoms with Gasteiger partial charge in [0.05, 0.1) is 25.5 Å². The Labute approximate surface area is 180 Å². The van der Waals surface area contributed by atoms with E-state index < -0.39 is 6.17 Å². The summed E-state index contributed by atoms with van der Waals surface area (Å²) >= 11 is 6.14. The van der Waals surface area contributed by atoms with Gasteiger partial charge in [-0.15, -0.1) is 0 Å². The molecule has 9 nitrogen and oxygen atoms in total. The summed E-state index contributed by atoms with van der Waals surface area (Å²) in [7, 11) is 1.64. The number of likely N-dealkylation sites (tertiary alicyclic amines) is 1. The summed E-state index contributed by atoms with van der Waals surface area (Å²) in [6.07, 6.45) is 1.78. The quantitative estimate of drug-likeness (QED) is 0.551. The number of alkyl halides is 1. The van der Waals surface area contributed by atoms with Gasteiger partial charge in [0.2, 0.25) is 11.8 Å². The number of anilines is 2. The highest BCUT2D eigenvalue weighted by molar-refractivity contribution is 6.32. The third-order valence-electron chi connectivity index (χ3n) is 5.08. The average Bonchev–Trinajstić information content (AvgIpc) is 2.75. The van der Waals surface area contributed by atoms with Crippen molar-refractivity contribution in [2.45, 2.75) is 32.0 Å². The molecule has 11 heteroatoms. The van der Waals surface area contributed by atoms with Crippen LogP contribution >= 0.6 is 11.6 Å². The first-order valence-electron chi connectivity index (χ1n) is 10.1. The van der Waals surface area contributed by atoms with Crippen molar-refractivity contribution in [2.75, 3.05) is 57.1 Å². The molecule has 4 N–H and O–H groups in total. The number of hydrogen-bond acceptors (Lipinski definition) is 9. The van der Waals surface area contributed by atoms with Crippen molar-refractivity contribution in [1.82, 2.24) is 20.2 Å². The van der Waals surface area contributed by atoms with Crippen LogP contribution in [0.15, 0.2) is 17.6 Å². The fraction of sp³-hybridized carbons (Fsp3) is 0.632. The van der Waals surface area contributed by atoms with E-state index in [0.717, 1.165) is 6.54 Å². The molecule has 0 saturated carbocycles. The zero-order chi connectivity index (χ0) is 21.5. The third kappa shape index (κ3) is 5.93. The zero-order valence-corrected chi connectivity index (χ0v) is 18.1. The van der Waals surface area contributed by atoms with E-state index >= 15 is 0 Å². The first kappa shape index (κ1) is 22.5. The SMILES string of the molecule is COCCN1CCC(N/C(C)=C2/Nc3ncc(Cl)c(n3)NCCCOC2=N)C(F)C1. The minimum atomic E-state index is -1.04. The number of methoxy groups -OCH3 is 1. The highest BCUT2D eigenvalue weighted by atomic mass is 35.5. The van der Waals surface area contributed by atoms with Gasteiger partial charge in [0.25, 0.3) is 0 Å². The number of aromatic nitrogens is 2. The third-order valence-corrected chi connectivity index (χ3v) is 5.36. The van der Waals surface area contributed by atoms with Crippen LogP contribution in [0.4, 0.5) is 16.2 Å². The van der Waals surface area contributed by atoms with Gasteiger partial charge in [0, 0.05) is 39.0 Å². The molecule has 0 amide bonds. The van der Waals surface area contributed by atoms with E-state index in [1.165, 1.54) is 6.20 Å². The van der Waals surface area contributed by atoms with Crippen molar-refractivity contribution in [3.05, 3.63) is 22.6 Å². The van der Waals surface area contributed by atoms with Gasteiger partial charge in [-0.1, -0.05) is 11.6 Å². The molecule has 0 radical (unpaired) electrons. The van der Waals surface area contributed by atoms with Crippen LogP contribution in [0.2, 0.25) is 5.02 Å². The van der Waals surface area contributed by atoms with E-state index in [2.05, 4.69) is 30.8 Å². The normalized spacial score (nSPS) is 24.7. The summed E-state index contributed by atoms with van der Waals surface area (Å²) in [5, 5.41) is 18.1. The number of ether oxygens (including phenoxy) is 2. The van der Waals surface area contributed by atoms with Gasteiger partial charge in [-0.05, 0) is 19.8 Å². The van der Waals surface area contributed by atoms with Gasteiger partial charge in [-0.25, -0.2) is 9.37 Å². The van der Waals surface area contributed by atoms with E-state index in [-0.39, 0.29) is 17.9 Å². The molecule has 1 fully saturated rings. The Balaban J connectivity index is 1.75. The summed E-state index contributed by atoms with van der Waals surface area (Å²) in [4.78, 5) is 10.6. The molecule has 2 aliphatic rings. The van der Waals surface area contributed by atoms with Gasteiger partial charge >= 0.3 is 0 Å². The largest absolute Gasteiger partial charge is 0.476 e. The molecular formula is C19H29ClFN7O2. The molecule has 2 unspecified atom stereocenters. The molecule has 30 heavy (non-hydrogen) atoms. The summed E-state index contributed by atoms with van der Waals surface area (Å²) in [6, 6.07) is -0.354. The Bertz CT molecular complexity index is 779. The lowest BCUT2D eigenvalue weighted by Crippen LogP contribution is -2.51. The Kier molecular flexibility index (Phi) is 8.06. The predicted molar refractivity (Wildman–Crippen MR) is 115 cm³/mol. The fourth-order valence-electron chi connectivity index (χ4n) is 3.41. The number of allylic oxidation sites excluding steroid dienone is 1. The highest BCUT2D eigenvalue weighted by Gasteiger charge is 2.29. The fourth-order valence-corrected chi connectivity index (χ4v) is 3.57. The molecule has 0 aliphatic carbocycles. The molecule has 2 aliphatic heterocycles. The lowest BCUT2D eigenvalue weighted by Gasteiger charge is -2.35. The Morgan fingerprint density at radius 1 is 1.53 bits per heavy atom. The molecule has 0 spiro atoms. The maximum atomic E-state index is 14.8. The van der Waals surface area contributed by atoms with E-state index in [4.69, 9.17) is 26.5 Å². The van der Waals surface area contributed by atoms with Crippen molar-refractivity contribution in [2.24, 2.45) is 0 Å². The van der Waals surface area contributed by atoms with Gasteiger partial charge in [-0.3, -0.25) is 10.3 Å². The lowest BCUT2D eigenvalue weighted by molar-refractivity contribution is 0.0804. The molecule has 1 saturated heterocycles. The van der Waals surface area contributed by atoms with Crippen molar-refractivity contribution in [3.63, 3.8) is 0 Å². The number of rotatable bonds is 5. The van der Waals surface area contributed by atoms with Crippen LogP contribution in [0.3, 0.4) is 0 Å². The number of halogens is 2. The van der Waals surface area contributed by atoms with Crippen LogP contribution in [0, 0.1) is 5.41 Å². The van der Waals surface area contributed by atoms with Gasteiger partial charge in [0.1, 0.15) is 16.9 Å². The Morgan fingerprint density at radius 2 is 2.37 bits per heavy atom. The van der Waals surface area contributed by atoms with Crippen LogP contribution in [-0.4, -0.2) is 79.5 Å². The van der Waals surface area contributed by atoms with Crippen molar-refractivity contribution in [1.29, 1.82) is 5.41 Å².